The van der Waals surface area contributed by atoms with Gasteiger partial charge in [0.25, 0.3) is 5.56 Å². The van der Waals surface area contributed by atoms with Gasteiger partial charge in [0, 0.05) is 25.4 Å². The first-order chi connectivity index (χ1) is 14.5. The Morgan fingerprint density at radius 3 is 2.57 bits per heavy atom. The molecule has 0 atom stereocenters. The number of nitrogens with one attached hydrogen (secondary N) is 1. The number of amides is 1. The van der Waals surface area contributed by atoms with E-state index >= 15 is 0 Å². The average molecular weight is 404 g/mol. The van der Waals surface area contributed by atoms with Crippen molar-refractivity contribution in [2.24, 2.45) is 7.05 Å². The van der Waals surface area contributed by atoms with E-state index in [0.29, 0.717) is 17.6 Å². The average Bonchev–Trinajstić information content (AvgIpc) is 3.08. The van der Waals surface area contributed by atoms with E-state index in [1.54, 1.807) is 29.9 Å². The molecule has 152 valence electrons. The number of rotatable bonds is 6. The molecule has 0 fully saturated rings. The second-order valence-electron chi connectivity index (χ2n) is 7.12. The fourth-order valence-corrected chi connectivity index (χ4v) is 3.47. The first-order valence-corrected chi connectivity index (χ1v) is 9.64. The molecular weight excluding hydrogens is 383 g/mol. The van der Waals surface area contributed by atoms with Gasteiger partial charge in [-0.2, -0.15) is 0 Å². The van der Waals surface area contributed by atoms with Gasteiger partial charge in [-0.25, -0.2) is 9.37 Å². The molecule has 4 rings (SSSR count). The Hall–Kier alpha value is -3.74. The molecule has 0 spiro atoms. The van der Waals surface area contributed by atoms with Crippen LogP contribution >= 0.6 is 0 Å². The number of carbonyl (C=O) groups excluding carboxylic acids is 1. The van der Waals surface area contributed by atoms with E-state index in [4.69, 9.17) is 0 Å². The van der Waals surface area contributed by atoms with E-state index in [9.17, 15) is 14.0 Å². The Morgan fingerprint density at radius 1 is 1.10 bits per heavy atom. The Labute approximate surface area is 172 Å². The van der Waals surface area contributed by atoms with Gasteiger partial charge in [-0.15, -0.1) is 0 Å². The van der Waals surface area contributed by atoms with Crippen LogP contribution in [-0.4, -0.2) is 26.6 Å². The standard InChI is InChI=1S/C23H21FN4O2/c1-27-13-19(17-7-9-18(24)10-8-17)21-22(27)23(30)28(15-26-21)14-20(29)25-12-11-16-5-3-2-4-6-16/h2-10,13,15H,11-12,14H2,1H3,(H,25,29). The Balaban J connectivity index is 1.52. The van der Waals surface area contributed by atoms with E-state index in [-0.39, 0.29) is 23.8 Å². The second kappa shape index (κ2) is 8.32. The number of hydrogen-bond acceptors (Lipinski definition) is 3. The summed E-state index contributed by atoms with van der Waals surface area (Å²) in [6.45, 7) is 0.389. The van der Waals surface area contributed by atoms with Gasteiger partial charge in [0.1, 0.15) is 23.4 Å². The molecule has 2 aromatic heterocycles. The Bertz CT molecular complexity index is 1240. The minimum absolute atomic E-state index is 0.104. The number of benzene rings is 2. The third kappa shape index (κ3) is 4.00. The minimum Gasteiger partial charge on any atom is -0.354 e. The number of carbonyl (C=O) groups is 1. The topological polar surface area (TPSA) is 68.9 Å². The zero-order valence-corrected chi connectivity index (χ0v) is 16.5. The molecule has 6 nitrogen and oxygen atoms in total. The fourth-order valence-electron chi connectivity index (χ4n) is 3.47. The van der Waals surface area contributed by atoms with Crippen molar-refractivity contribution >= 4 is 16.9 Å². The molecule has 4 aromatic rings. The summed E-state index contributed by atoms with van der Waals surface area (Å²) in [5, 5.41) is 2.84. The molecule has 2 aromatic carbocycles. The van der Waals surface area contributed by atoms with Crippen LogP contribution in [-0.2, 0) is 24.8 Å². The highest BCUT2D eigenvalue weighted by atomic mass is 19.1. The normalized spacial score (nSPS) is 11.0. The van der Waals surface area contributed by atoms with Crippen molar-refractivity contribution in [1.82, 2.24) is 19.4 Å². The lowest BCUT2D eigenvalue weighted by atomic mass is 10.1. The van der Waals surface area contributed by atoms with Gasteiger partial charge in [-0.1, -0.05) is 42.5 Å². The summed E-state index contributed by atoms with van der Waals surface area (Å²) in [6.07, 6.45) is 3.89. The van der Waals surface area contributed by atoms with E-state index in [1.165, 1.54) is 23.0 Å². The molecule has 1 N–H and O–H groups in total. The third-order valence-electron chi connectivity index (χ3n) is 4.99. The Kier molecular flexibility index (Phi) is 5.43. The minimum atomic E-state index is -0.326. The van der Waals surface area contributed by atoms with E-state index in [1.807, 2.05) is 30.3 Å². The maximum absolute atomic E-state index is 13.2. The van der Waals surface area contributed by atoms with Crippen LogP contribution in [0.2, 0.25) is 0 Å². The van der Waals surface area contributed by atoms with Crippen molar-refractivity contribution < 1.29 is 9.18 Å². The molecule has 0 radical (unpaired) electrons. The van der Waals surface area contributed by atoms with Crippen LogP contribution in [0.3, 0.4) is 0 Å². The van der Waals surface area contributed by atoms with Gasteiger partial charge in [0.2, 0.25) is 5.91 Å². The van der Waals surface area contributed by atoms with Crippen LogP contribution in [0.1, 0.15) is 5.56 Å². The molecule has 2 heterocycles. The van der Waals surface area contributed by atoms with Gasteiger partial charge in [-0.3, -0.25) is 14.2 Å². The third-order valence-corrected chi connectivity index (χ3v) is 4.99. The van der Waals surface area contributed by atoms with Crippen molar-refractivity contribution in [3.05, 3.63) is 88.9 Å². The highest BCUT2D eigenvalue weighted by Gasteiger charge is 2.16. The van der Waals surface area contributed by atoms with Crippen LogP contribution in [0.15, 0.2) is 71.9 Å². The number of nitrogens with zero attached hydrogens (tertiary/aromatic N) is 3. The maximum atomic E-state index is 13.2. The van der Waals surface area contributed by atoms with Gasteiger partial charge in [0.05, 0.1) is 6.33 Å². The zero-order valence-electron chi connectivity index (χ0n) is 16.5. The smallest absolute Gasteiger partial charge is 0.278 e. The van der Waals surface area contributed by atoms with Crippen LogP contribution in [0.25, 0.3) is 22.2 Å². The van der Waals surface area contributed by atoms with E-state index < -0.39 is 0 Å². The van der Waals surface area contributed by atoms with Crippen LogP contribution in [0.4, 0.5) is 4.39 Å². The van der Waals surface area contributed by atoms with Crippen LogP contribution in [0.5, 0.6) is 0 Å². The molecule has 0 saturated carbocycles. The molecule has 1 amide bonds. The molecular formula is C23H21FN4O2. The molecule has 0 saturated heterocycles. The highest BCUT2D eigenvalue weighted by molar-refractivity contribution is 5.92. The van der Waals surface area contributed by atoms with Crippen LogP contribution in [0, 0.1) is 5.82 Å². The summed E-state index contributed by atoms with van der Waals surface area (Å²) in [6, 6.07) is 15.9. The lowest BCUT2D eigenvalue weighted by Gasteiger charge is -2.08. The fraction of sp³-hybridized carbons (Fsp3) is 0.174. The van der Waals surface area contributed by atoms with Crippen molar-refractivity contribution in [2.75, 3.05) is 6.54 Å². The first-order valence-electron chi connectivity index (χ1n) is 9.64. The molecule has 0 aliphatic heterocycles. The monoisotopic (exact) mass is 404 g/mol. The number of fused-ring (bicyclic) bond motifs is 1. The predicted molar refractivity (Wildman–Crippen MR) is 114 cm³/mol. The summed E-state index contributed by atoms with van der Waals surface area (Å²) < 4.78 is 16.2. The number of halogens is 1. The summed E-state index contributed by atoms with van der Waals surface area (Å²) in [7, 11) is 1.75. The SMILES string of the molecule is Cn1cc(-c2ccc(F)cc2)c2ncn(CC(=O)NCCc3ccccc3)c(=O)c21. The van der Waals surface area contributed by atoms with Crippen molar-refractivity contribution in [3.63, 3.8) is 0 Å². The molecule has 30 heavy (non-hydrogen) atoms. The number of aryl methyl sites for hydroxylation is 1. The first kappa shape index (κ1) is 19.6. The summed E-state index contributed by atoms with van der Waals surface area (Å²) in [4.78, 5) is 29.6. The summed E-state index contributed by atoms with van der Waals surface area (Å²) in [5.74, 6) is -0.574. The van der Waals surface area contributed by atoms with Crippen molar-refractivity contribution in [2.45, 2.75) is 13.0 Å². The van der Waals surface area contributed by atoms with Crippen LogP contribution < -0.4 is 10.9 Å². The summed E-state index contributed by atoms with van der Waals surface area (Å²) >= 11 is 0. The summed E-state index contributed by atoms with van der Waals surface area (Å²) in [5.41, 5.74) is 3.27. The predicted octanol–water partition coefficient (Wildman–Crippen LogP) is 2.90. The van der Waals surface area contributed by atoms with Crippen molar-refractivity contribution in [3.8, 4) is 11.1 Å². The molecule has 7 heteroatoms. The van der Waals surface area contributed by atoms with E-state index in [2.05, 4.69) is 10.3 Å². The lowest BCUT2D eigenvalue weighted by Crippen LogP contribution is -2.33. The molecule has 0 aliphatic rings. The van der Waals surface area contributed by atoms with E-state index in [0.717, 1.165) is 23.1 Å². The number of hydrogen-bond donors (Lipinski definition) is 1. The largest absolute Gasteiger partial charge is 0.354 e. The lowest BCUT2D eigenvalue weighted by molar-refractivity contribution is -0.121. The Morgan fingerprint density at radius 2 is 1.83 bits per heavy atom. The number of aromatic nitrogens is 3. The molecule has 0 unspecified atom stereocenters. The molecule has 0 aliphatic carbocycles. The zero-order chi connectivity index (χ0) is 21.1. The second-order valence-corrected chi connectivity index (χ2v) is 7.12. The van der Waals surface area contributed by atoms with Gasteiger partial charge in [0.15, 0.2) is 0 Å². The quantitative estimate of drug-likeness (QED) is 0.537. The van der Waals surface area contributed by atoms with Crippen molar-refractivity contribution in [1.29, 1.82) is 0 Å². The molecule has 0 bridgehead atoms. The van der Waals surface area contributed by atoms with Gasteiger partial charge < -0.3 is 9.88 Å². The highest BCUT2D eigenvalue weighted by Crippen LogP contribution is 2.27. The maximum Gasteiger partial charge on any atom is 0.278 e. The van der Waals surface area contributed by atoms with Gasteiger partial charge >= 0.3 is 0 Å². The van der Waals surface area contributed by atoms with Gasteiger partial charge in [-0.05, 0) is 29.7 Å².